The Morgan fingerprint density at radius 1 is 1.60 bits per heavy atom. The summed E-state index contributed by atoms with van der Waals surface area (Å²) in [5.74, 6) is 0. The van der Waals surface area contributed by atoms with Gasteiger partial charge < -0.3 is 4.42 Å². The minimum absolute atomic E-state index is 0.190. The molecule has 1 atom stereocenters. The second-order valence-corrected chi connectivity index (χ2v) is 6.43. The van der Waals surface area contributed by atoms with Crippen molar-refractivity contribution in [3.05, 3.63) is 24.2 Å². The molecule has 0 N–H and O–H groups in total. The fraction of sp³-hybridized carbons (Fsp3) is 0.600. The maximum absolute atomic E-state index is 11.3. The molecule has 15 heavy (non-hydrogen) atoms. The van der Waals surface area contributed by atoms with Gasteiger partial charge in [0.2, 0.25) is 0 Å². The Balaban J connectivity index is 1.94. The fourth-order valence-electron chi connectivity index (χ4n) is 1.93. The molecule has 2 heterocycles. The molecule has 0 spiro atoms. The molecule has 1 aliphatic rings. The Morgan fingerprint density at radius 2 is 2.40 bits per heavy atom. The minimum atomic E-state index is -2.88. The van der Waals surface area contributed by atoms with E-state index >= 15 is 0 Å². The van der Waals surface area contributed by atoms with Crippen LogP contribution in [-0.2, 0) is 16.4 Å². The molecule has 4 nitrogen and oxygen atoms in total. The summed E-state index contributed by atoms with van der Waals surface area (Å²) in [5.41, 5.74) is 1.10. The Labute approximate surface area is 89.8 Å². The molecule has 0 radical (unpaired) electrons. The smallest absolute Gasteiger partial charge is 0.151 e. The van der Waals surface area contributed by atoms with Crippen LogP contribution in [0.3, 0.4) is 0 Å². The lowest BCUT2D eigenvalue weighted by atomic mass is 10.3. The van der Waals surface area contributed by atoms with E-state index in [1.165, 1.54) is 6.26 Å². The lowest BCUT2D eigenvalue weighted by Gasteiger charge is -2.13. The van der Waals surface area contributed by atoms with Crippen molar-refractivity contribution in [1.82, 2.24) is 4.90 Å². The van der Waals surface area contributed by atoms with Gasteiger partial charge in [0, 0.05) is 24.9 Å². The maximum atomic E-state index is 11.3. The highest BCUT2D eigenvalue weighted by Crippen LogP contribution is 2.18. The number of furan rings is 1. The van der Waals surface area contributed by atoms with Crippen molar-refractivity contribution >= 4 is 9.84 Å². The molecule has 1 unspecified atom stereocenters. The minimum Gasteiger partial charge on any atom is -0.472 e. The number of hydrogen-bond donors (Lipinski definition) is 0. The molecule has 84 valence electrons. The van der Waals surface area contributed by atoms with E-state index in [0.29, 0.717) is 6.54 Å². The Kier molecular flexibility index (Phi) is 2.84. The van der Waals surface area contributed by atoms with Crippen LogP contribution in [-0.4, -0.2) is 37.9 Å². The first kappa shape index (κ1) is 10.7. The van der Waals surface area contributed by atoms with Crippen LogP contribution in [0.5, 0.6) is 0 Å². The average molecular weight is 229 g/mol. The summed E-state index contributed by atoms with van der Waals surface area (Å²) in [6, 6.07) is 1.91. The van der Waals surface area contributed by atoms with Crippen molar-refractivity contribution in [2.24, 2.45) is 0 Å². The summed E-state index contributed by atoms with van der Waals surface area (Å²) >= 11 is 0. The molecular formula is C10H15NO3S. The van der Waals surface area contributed by atoms with Crippen LogP contribution in [0.2, 0.25) is 0 Å². The van der Waals surface area contributed by atoms with Crippen LogP contribution < -0.4 is 0 Å². The van der Waals surface area contributed by atoms with Crippen LogP contribution in [0, 0.1) is 0 Å². The third kappa shape index (κ3) is 2.60. The van der Waals surface area contributed by atoms with E-state index in [1.807, 2.05) is 6.07 Å². The van der Waals surface area contributed by atoms with Gasteiger partial charge in [-0.15, -0.1) is 0 Å². The molecule has 1 aliphatic heterocycles. The maximum Gasteiger partial charge on any atom is 0.151 e. The predicted molar refractivity (Wildman–Crippen MR) is 57.2 cm³/mol. The molecule has 1 aromatic rings. The molecule has 0 bridgehead atoms. The lowest BCUT2D eigenvalue weighted by molar-refractivity contribution is 0.330. The number of nitrogens with zero attached hydrogens (tertiary/aromatic N) is 1. The number of sulfone groups is 1. The molecule has 0 amide bonds. The van der Waals surface area contributed by atoms with E-state index in [-0.39, 0.29) is 5.25 Å². The largest absolute Gasteiger partial charge is 0.472 e. The van der Waals surface area contributed by atoms with Gasteiger partial charge in [-0.25, -0.2) is 8.42 Å². The van der Waals surface area contributed by atoms with Crippen molar-refractivity contribution in [1.29, 1.82) is 0 Å². The van der Waals surface area contributed by atoms with E-state index in [9.17, 15) is 8.42 Å². The van der Waals surface area contributed by atoms with Crippen molar-refractivity contribution < 1.29 is 12.8 Å². The third-order valence-electron chi connectivity index (χ3n) is 2.82. The summed E-state index contributed by atoms with van der Waals surface area (Å²) in [6.45, 7) is 2.27. The van der Waals surface area contributed by atoms with E-state index in [1.54, 1.807) is 12.5 Å². The van der Waals surface area contributed by atoms with Gasteiger partial charge in [-0.05, 0) is 19.0 Å². The summed E-state index contributed by atoms with van der Waals surface area (Å²) in [4.78, 5) is 2.15. The summed E-state index contributed by atoms with van der Waals surface area (Å²) in [5, 5.41) is -0.190. The standard InChI is InChI=1S/C10H15NO3S/c1-15(12,13)10-2-4-11(7-10)6-9-3-5-14-8-9/h3,5,8,10H,2,4,6-7H2,1H3. The fourth-order valence-corrected chi connectivity index (χ4v) is 2.95. The third-order valence-corrected chi connectivity index (χ3v) is 4.42. The van der Waals surface area contributed by atoms with E-state index in [4.69, 9.17) is 4.42 Å². The van der Waals surface area contributed by atoms with Gasteiger partial charge in [0.15, 0.2) is 9.84 Å². The van der Waals surface area contributed by atoms with Gasteiger partial charge in [-0.1, -0.05) is 0 Å². The van der Waals surface area contributed by atoms with Gasteiger partial charge in [0.25, 0.3) is 0 Å². The summed E-state index contributed by atoms with van der Waals surface area (Å²) in [7, 11) is -2.88. The second kappa shape index (κ2) is 3.98. The zero-order valence-corrected chi connectivity index (χ0v) is 9.53. The molecule has 2 rings (SSSR count). The molecule has 0 aliphatic carbocycles. The zero-order valence-electron chi connectivity index (χ0n) is 8.72. The summed E-state index contributed by atoms with van der Waals surface area (Å²) in [6.07, 6.45) is 5.41. The van der Waals surface area contributed by atoms with Crippen molar-refractivity contribution in [2.45, 2.75) is 18.2 Å². The van der Waals surface area contributed by atoms with Crippen molar-refractivity contribution in [3.63, 3.8) is 0 Å². The van der Waals surface area contributed by atoms with Crippen LogP contribution in [0.1, 0.15) is 12.0 Å². The predicted octanol–water partition coefficient (Wildman–Crippen LogP) is 0.898. The van der Waals surface area contributed by atoms with Crippen LogP contribution in [0.4, 0.5) is 0 Å². The van der Waals surface area contributed by atoms with E-state index in [0.717, 1.165) is 25.1 Å². The Morgan fingerprint density at radius 3 is 2.93 bits per heavy atom. The van der Waals surface area contributed by atoms with Gasteiger partial charge in [-0.3, -0.25) is 4.90 Å². The summed E-state index contributed by atoms with van der Waals surface area (Å²) < 4.78 is 27.6. The average Bonchev–Trinajstić information content (AvgIpc) is 2.73. The van der Waals surface area contributed by atoms with Crippen molar-refractivity contribution in [2.75, 3.05) is 19.3 Å². The van der Waals surface area contributed by atoms with E-state index < -0.39 is 9.84 Å². The highest BCUT2D eigenvalue weighted by Gasteiger charge is 2.29. The van der Waals surface area contributed by atoms with Gasteiger partial charge in [0.05, 0.1) is 17.8 Å². The molecule has 1 fully saturated rings. The van der Waals surface area contributed by atoms with Gasteiger partial charge in [0.1, 0.15) is 0 Å². The highest BCUT2D eigenvalue weighted by molar-refractivity contribution is 7.91. The number of rotatable bonds is 3. The van der Waals surface area contributed by atoms with Crippen LogP contribution >= 0.6 is 0 Å². The first-order valence-corrected chi connectivity index (χ1v) is 6.93. The quantitative estimate of drug-likeness (QED) is 0.772. The molecule has 1 aromatic heterocycles. The Hall–Kier alpha value is -0.810. The first-order chi connectivity index (χ1) is 7.05. The molecule has 5 heteroatoms. The molecule has 1 saturated heterocycles. The molecule has 0 saturated carbocycles. The van der Waals surface area contributed by atoms with E-state index in [2.05, 4.69) is 4.90 Å². The monoisotopic (exact) mass is 229 g/mol. The SMILES string of the molecule is CS(=O)(=O)C1CCN(Cc2ccoc2)C1. The second-order valence-electron chi connectivity index (χ2n) is 4.11. The molecular weight excluding hydrogens is 214 g/mol. The van der Waals surface area contributed by atoms with Crippen molar-refractivity contribution in [3.8, 4) is 0 Å². The Bertz CT molecular complexity index is 410. The number of likely N-dealkylation sites (tertiary alicyclic amines) is 1. The lowest BCUT2D eigenvalue weighted by Crippen LogP contribution is -2.25. The topological polar surface area (TPSA) is 50.5 Å². The van der Waals surface area contributed by atoms with Gasteiger partial charge in [-0.2, -0.15) is 0 Å². The van der Waals surface area contributed by atoms with Crippen LogP contribution in [0.15, 0.2) is 23.0 Å². The first-order valence-electron chi connectivity index (χ1n) is 4.98. The van der Waals surface area contributed by atoms with Gasteiger partial charge >= 0.3 is 0 Å². The van der Waals surface area contributed by atoms with Crippen LogP contribution in [0.25, 0.3) is 0 Å². The normalized spacial score (nSPS) is 23.4. The number of hydrogen-bond acceptors (Lipinski definition) is 4. The zero-order chi connectivity index (χ0) is 10.9. The molecule has 0 aromatic carbocycles. The highest BCUT2D eigenvalue weighted by atomic mass is 32.2.